The largest absolute Gasteiger partial charge is 0.472 e. The summed E-state index contributed by atoms with van der Waals surface area (Å²) in [5.74, 6) is -1.15. The summed E-state index contributed by atoms with van der Waals surface area (Å²) in [6.07, 6.45) is 40.7. The van der Waals surface area contributed by atoms with E-state index >= 15 is 0 Å². The fourth-order valence-electron chi connectivity index (χ4n) is 9.76. The maximum Gasteiger partial charge on any atom is 0.472 e. The Morgan fingerprint density at radius 1 is 0.523 bits per heavy atom. The molecule has 0 aliphatic rings. The quantitative estimate of drug-likeness (QED) is 0.0152. The number of carbonyl (C=O) groups is 5. The lowest BCUT2D eigenvalue weighted by Gasteiger charge is -2.20. The number of hydrogen-bond donors (Lipinski definition) is 5. The zero-order valence-corrected chi connectivity index (χ0v) is 54.3. The molecule has 6 N–H and O–H groups in total. The van der Waals surface area contributed by atoms with Gasteiger partial charge in [0.15, 0.2) is 6.10 Å². The van der Waals surface area contributed by atoms with Gasteiger partial charge in [-0.05, 0) is 56.7 Å². The van der Waals surface area contributed by atoms with Gasteiger partial charge in [-0.25, -0.2) is 14.5 Å². The summed E-state index contributed by atoms with van der Waals surface area (Å²) in [4.78, 5) is 81.9. The zero-order valence-electron chi connectivity index (χ0n) is 53.5. The summed E-state index contributed by atoms with van der Waals surface area (Å²) in [5.41, 5.74) is 7.14. The predicted octanol–water partition coefficient (Wildman–Crippen LogP) is 12.7. The number of ether oxygens (including phenoxy) is 3. The number of carbonyl (C=O) groups excluding carboxylic acids is 5. The van der Waals surface area contributed by atoms with E-state index in [-0.39, 0.29) is 75.8 Å². The molecule has 3 aromatic rings. The fourth-order valence-corrected chi connectivity index (χ4v) is 10.5. The summed E-state index contributed by atoms with van der Waals surface area (Å²) in [6.45, 7) is 3.64. The van der Waals surface area contributed by atoms with Crippen LogP contribution in [0.25, 0.3) is 23.0 Å². The monoisotopic (exact) mass is 1250 g/mol. The second-order valence-electron chi connectivity index (χ2n) is 22.9. The molecule has 0 saturated heterocycles. The number of nitrogens with one attached hydrogen (secondary N) is 3. The van der Waals surface area contributed by atoms with E-state index in [9.17, 15) is 33.4 Å². The smallest absolute Gasteiger partial charge is 0.462 e. The molecule has 88 heavy (non-hydrogen) atoms. The number of nitrogens with two attached hydrogens (primary N) is 1. The lowest BCUT2D eigenvalue weighted by molar-refractivity contribution is -0.161. The minimum absolute atomic E-state index is 0.0814. The SMILES string of the molecule is CCCCCCCCCCCCCCCCCC(=O)OCC(COP(=O)(O)OCCNC(=O)CCCOCNC(=O)C(N)CCCCNC(=O)c1ccc(-c2nnc(-c3ncccn3)nn2)cc1)OC(=O)CCCCCCCCCCCCCCCCC. The predicted molar refractivity (Wildman–Crippen MR) is 341 cm³/mol. The van der Waals surface area contributed by atoms with Crippen molar-refractivity contribution in [1.29, 1.82) is 0 Å². The van der Waals surface area contributed by atoms with Crippen molar-refractivity contribution < 1.29 is 56.7 Å². The van der Waals surface area contributed by atoms with Gasteiger partial charge in [0.25, 0.3) is 5.91 Å². The standard InChI is InChI=1S/C65H109N10O12P/c1-3-5-7-9-11-13-15-17-19-21-23-25-27-29-31-39-59(77)84-51-56(87-60(78)40-32-30-28-26-24-22-20-18-16-14-12-10-8-6-4-2)52-86-88(81,82)85-50-48-67-58(76)38-35-49-83-53-71-65(80)57(66)37-33-34-45-70-64(79)55-43-41-54(42-44-55)61-72-74-63(75-73-61)62-68-46-36-47-69-62/h36,41-44,46-47,56-57H,3-35,37-40,45,48-53,66H2,1-2H3,(H,67,76)(H,70,79)(H,71,80)(H,81,82). The first kappa shape index (κ1) is 76.9. The van der Waals surface area contributed by atoms with Crippen LogP contribution in [0.4, 0.5) is 0 Å². The molecular formula is C65H109N10O12P. The van der Waals surface area contributed by atoms with Crippen LogP contribution in [0.15, 0.2) is 42.7 Å². The molecule has 2 heterocycles. The second-order valence-corrected chi connectivity index (χ2v) is 24.3. The van der Waals surface area contributed by atoms with Crippen LogP contribution >= 0.6 is 7.82 Å². The van der Waals surface area contributed by atoms with Crippen LogP contribution in [-0.4, -0.2) is 123 Å². The number of phosphoric acid groups is 1. The van der Waals surface area contributed by atoms with E-state index in [1.165, 1.54) is 141 Å². The molecular weight excluding hydrogens is 1140 g/mol. The van der Waals surface area contributed by atoms with Crippen LogP contribution in [0.2, 0.25) is 0 Å². The Morgan fingerprint density at radius 2 is 1.02 bits per heavy atom. The summed E-state index contributed by atoms with van der Waals surface area (Å²) >= 11 is 0. The van der Waals surface area contributed by atoms with Crippen LogP contribution in [-0.2, 0) is 47.0 Å². The van der Waals surface area contributed by atoms with Gasteiger partial charge in [0.05, 0.1) is 19.3 Å². The lowest BCUT2D eigenvalue weighted by Crippen LogP contribution is -2.41. The summed E-state index contributed by atoms with van der Waals surface area (Å²) in [7, 11) is -4.66. The molecule has 0 spiro atoms. The van der Waals surface area contributed by atoms with Gasteiger partial charge in [-0.1, -0.05) is 206 Å². The molecule has 23 heteroatoms. The summed E-state index contributed by atoms with van der Waals surface area (Å²) in [6, 6.07) is 7.61. The highest BCUT2D eigenvalue weighted by Crippen LogP contribution is 2.43. The van der Waals surface area contributed by atoms with Crippen molar-refractivity contribution in [3.05, 3.63) is 48.3 Å². The van der Waals surface area contributed by atoms with Crippen LogP contribution in [0, 0.1) is 0 Å². The van der Waals surface area contributed by atoms with E-state index in [0.29, 0.717) is 62.0 Å². The van der Waals surface area contributed by atoms with E-state index in [1.807, 2.05) is 0 Å². The number of aromatic nitrogens is 6. The highest BCUT2D eigenvalue weighted by Gasteiger charge is 2.26. The molecule has 3 unspecified atom stereocenters. The summed E-state index contributed by atoms with van der Waals surface area (Å²) in [5, 5.41) is 24.4. The van der Waals surface area contributed by atoms with Crippen molar-refractivity contribution in [2.75, 3.05) is 46.2 Å². The number of esters is 2. The Balaban J connectivity index is 1.24. The number of benzene rings is 1. The topological polar surface area (TPSA) is 308 Å². The maximum atomic E-state index is 12.9. The van der Waals surface area contributed by atoms with Crippen LogP contribution < -0.4 is 21.7 Å². The average Bonchev–Trinajstić information content (AvgIpc) is 3.70. The van der Waals surface area contributed by atoms with Gasteiger partial charge in [-0.15, -0.1) is 20.4 Å². The van der Waals surface area contributed by atoms with Crippen LogP contribution in [0.1, 0.15) is 262 Å². The van der Waals surface area contributed by atoms with Gasteiger partial charge >= 0.3 is 19.8 Å². The van der Waals surface area contributed by atoms with Crippen LogP contribution in [0.3, 0.4) is 0 Å². The van der Waals surface area contributed by atoms with Gasteiger partial charge in [0, 0.05) is 62.5 Å². The molecule has 0 bridgehead atoms. The first-order chi connectivity index (χ1) is 42.9. The van der Waals surface area contributed by atoms with Crippen molar-refractivity contribution >= 4 is 37.5 Å². The van der Waals surface area contributed by atoms with Gasteiger partial charge < -0.3 is 40.8 Å². The molecule has 22 nitrogen and oxygen atoms in total. The number of hydrogen-bond acceptors (Lipinski definition) is 18. The van der Waals surface area contributed by atoms with E-state index in [2.05, 4.69) is 60.2 Å². The van der Waals surface area contributed by atoms with E-state index < -0.39 is 44.4 Å². The Hall–Kier alpha value is -5.38. The Labute approximate surface area is 525 Å². The van der Waals surface area contributed by atoms with Crippen LogP contribution in [0.5, 0.6) is 0 Å². The van der Waals surface area contributed by atoms with Crippen molar-refractivity contribution in [2.45, 2.75) is 264 Å². The highest BCUT2D eigenvalue weighted by molar-refractivity contribution is 7.47. The van der Waals surface area contributed by atoms with Gasteiger partial charge in [-0.3, -0.25) is 33.0 Å². The molecule has 3 rings (SSSR count). The molecule has 0 fully saturated rings. The maximum absolute atomic E-state index is 12.9. The second kappa shape index (κ2) is 51.4. The average molecular weight is 1250 g/mol. The molecule has 496 valence electrons. The lowest BCUT2D eigenvalue weighted by atomic mass is 10.0. The van der Waals surface area contributed by atoms with E-state index in [1.54, 1.807) is 42.7 Å². The Bertz CT molecular complexity index is 2330. The third-order valence-corrected chi connectivity index (χ3v) is 16.0. The van der Waals surface area contributed by atoms with E-state index in [4.69, 9.17) is 29.0 Å². The third kappa shape index (κ3) is 40.3. The molecule has 0 saturated carbocycles. The molecule has 2 aromatic heterocycles. The number of nitrogens with zero attached hydrogens (tertiary/aromatic N) is 6. The fraction of sp³-hybridized carbons (Fsp3) is 0.738. The van der Waals surface area contributed by atoms with Gasteiger partial charge in [-0.2, -0.15) is 0 Å². The number of phosphoric ester groups is 1. The van der Waals surface area contributed by atoms with Crippen molar-refractivity contribution in [2.24, 2.45) is 5.73 Å². The minimum atomic E-state index is -4.66. The van der Waals surface area contributed by atoms with Gasteiger partial charge in [0.1, 0.15) is 13.3 Å². The van der Waals surface area contributed by atoms with Crippen molar-refractivity contribution in [1.82, 2.24) is 46.3 Å². The molecule has 0 aliphatic carbocycles. The zero-order chi connectivity index (χ0) is 63.4. The molecule has 0 radical (unpaired) electrons. The summed E-state index contributed by atoms with van der Waals surface area (Å²) < 4.78 is 39.6. The molecule has 1 aromatic carbocycles. The van der Waals surface area contributed by atoms with Gasteiger partial charge in [0.2, 0.25) is 29.3 Å². The number of unbranched alkanes of at least 4 members (excludes halogenated alkanes) is 29. The molecule has 3 atom stereocenters. The first-order valence-electron chi connectivity index (χ1n) is 33.5. The highest BCUT2D eigenvalue weighted by atomic mass is 31.2. The number of amides is 3. The Morgan fingerprint density at radius 3 is 1.56 bits per heavy atom. The normalized spacial score (nSPS) is 12.7. The number of rotatable bonds is 57. The third-order valence-electron chi connectivity index (χ3n) is 15.1. The van der Waals surface area contributed by atoms with Crippen molar-refractivity contribution in [3.63, 3.8) is 0 Å². The van der Waals surface area contributed by atoms with E-state index in [0.717, 1.165) is 38.5 Å². The molecule has 3 amide bonds. The molecule has 0 aliphatic heterocycles. The first-order valence-corrected chi connectivity index (χ1v) is 35.0. The van der Waals surface area contributed by atoms with Crippen molar-refractivity contribution in [3.8, 4) is 23.0 Å². The Kier molecular flexibility index (Phi) is 44.9. The minimum Gasteiger partial charge on any atom is -0.462 e.